The summed E-state index contributed by atoms with van der Waals surface area (Å²) in [4.78, 5) is 15.6. The number of halogens is 1. The van der Waals surface area contributed by atoms with Gasteiger partial charge in [0.2, 0.25) is 0 Å². The van der Waals surface area contributed by atoms with Crippen LogP contribution in [0.4, 0.5) is 4.79 Å². The number of amides is 1. The molecule has 1 amide bonds. The summed E-state index contributed by atoms with van der Waals surface area (Å²) in [6.07, 6.45) is 1.80. The Morgan fingerprint density at radius 3 is 2.90 bits per heavy atom. The van der Waals surface area contributed by atoms with Crippen LogP contribution in [0.25, 0.3) is 0 Å². The molecule has 2 aliphatic heterocycles. The van der Waals surface area contributed by atoms with E-state index in [9.17, 15) is 9.90 Å². The Bertz CT molecular complexity index is 924. The van der Waals surface area contributed by atoms with E-state index in [4.69, 9.17) is 21.1 Å². The van der Waals surface area contributed by atoms with Crippen LogP contribution in [0.3, 0.4) is 0 Å². The standard InChI is InChI=1S/C19H25ClN4O4S/c1-18(2,3)28-17(26)24-6-5-19(8-13(24)12-9-23(4)22-21-12)16-11(7-15(20)29-16)14(25)10-27-19/h7,9,13-14,25H,5-6,8,10H2,1-4H3. The molecule has 0 aliphatic carbocycles. The number of aromatic nitrogens is 3. The van der Waals surface area contributed by atoms with Gasteiger partial charge in [-0.2, -0.15) is 0 Å². The van der Waals surface area contributed by atoms with Crippen LogP contribution in [0.1, 0.15) is 61.9 Å². The molecule has 0 bridgehead atoms. The lowest BCUT2D eigenvalue weighted by atomic mass is 9.80. The van der Waals surface area contributed by atoms with Crippen LogP contribution in [0.15, 0.2) is 12.3 Å². The number of likely N-dealkylation sites (tertiary alicyclic amines) is 1. The molecular weight excluding hydrogens is 416 g/mol. The van der Waals surface area contributed by atoms with Gasteiger partial charge in [0.05, 0.1) is 23.2 Å². The average Bonchev–Trinajstić information content (AvgIpc) is 3.23. The van der Waals surface area contributed by atoms with Crippen molar-refractivity contribution in [1.82, 2.24) is 19.9 Å². The lowest BCUT2D eigenvalue weighted by molar-refractivity contribution is -0.139. The first-order valence-corrected chi connectivity index (χ1v) is 10.7. The summed E-state index contributed by atoms with van der Waals surface area (Å²) in [5.41, 5.74) is 0.262. The minimum absolute atomic E-state index is 0.194. The van der Waals surface area contributed by atoms with Crippen LogP contribution in [-0.2, 0) is 22.1 Å². The number of carbonyl (C=O) groups excluding carboxylic acids is 1. The van der Waals surface area contributed by atoms with Gasteiger partial charge in [0.25, 0.3) is 0 Å². The average molecular weight is 441 g/mol. The number of hydrogen-bond donors (Lipinski definition) is 1. The molecule has 1 saturated heterocycles. The highest BCUT2D eigenvalue weighted by Gasteiger charge is 2.50. The Morgan fingerprint density at radius 1 is 1.48 bits per heavy atom. The molecule has 29 heavy (non-hydrogen) atoms. The topological polar surface area (TPSA) is 89.7 Å². The van der Waals surface area contributed by atoms with E-state index in [2.05, 4.69) is 10.3 Å². The second kappa shape index (κ2) is 7.23. The lowest BCUT2D eigenvalue weighted by Crippen LogP contribution is -2.51. The monoisotopic (exact) mass is 440 g/mol. The Labute approximate surface area is 178 Å². The van der Waals surface area contributed by atoms with Crippen molar-refractivity contribution in [1.29, 1.82) is 0 Å². The molecule has 3 unspecified atom stereocenters. The molecule has 3 atom stereocenters. The fourth-order valence-electron chi connectivity index (χ4n) is 4.01. The molecule has 158 valence electrons. The van der Waals surface area contributed by atoms with Crippen molar-refractivity contribution in [3.63, 3.8) is 0 Å². The maximum absolute atomic E-state index is 12.9. The van der Waals surface area contributed by atoms with E-state index in [1.807, 2.05) is 26.8 Å². The van der Waals surface area contributed by atoms with Gasteiger partial charge in [-0.1, -0.05) is 16.8 Å². The Hall–Kier alpha value is -1.68. The van der Waals surface area contributed by atoms with Crippen molar-refractivity contribution in [2.45, 2.75) is 57.0 Å². The van der Waals surface area contributed by atoms with Crippen LogP contribution >= 0.6 is 22.9 Å². The predicted octanol–water partition coefficient (Wildman–Crippen LogP) is 3.56. The first kappa shape index (κ1) is 20.6. The molecule has 4 rings (SSSR count). The van der Waals surface area contributed by atoms with E-state index in [0.29, 0.717) is 29.4 Å². The van der Waals surface area contributed by atoms with Crippen molar-refractivity contribution < 1.29 is 19.4 Å². The first-order valence-electron chi connectivity index (χ1n) is 9.55. The summed E-state index contributed by atoms with van der Waals surface area (Å²) in [5.74, 6) is 0. The number of rotatable bonds is 1. The largest absolute Gasteiger partial charge is 0.444 e. The highest BCUT2D eigenvalue weighted by atomic mass is 35.5. The van der Waals surface area contributed by atoms with E-state index in [1.54, 1.807) is 22.8 Å². The van der Waals surface area contributed by atoms with E-state index >= 15 is 0 Å². The van der Waals surface area contributed by atoms with Crippen LogP contribution in [-0.4, -0.2) is 49.8 Å². The van der Waals surface area contributed by atoms with Crippen LogP contribution in [0.5, 0.6) is 0 Å². The van der Waals surface area contributed by atoms with Crippen LogP contribution in [0.2, 0.25) is 4.34 Å². The van der Waals surface area contributed by atoms with Gasteiger partial charge in [-0.3, -0.25) is 9.58 Å². The lowest BCUT2D eigenvalue weighted by Gasteiger charge is -2.47. The van der Waals surface area contributed by atoms with Crippen LogP contribution in [0, 0.1) is 0 Å². The van der Waals surface area contributed by atoms with Gasteiger partial charge < -0.3 is 14.6 Å². The number of fused-ring (bicyclic) bond motifs is 2. The van der Waals surface area contributed by atoms with Gasteiger partial charge in [-0.25, -0.2) is 4.79 Å². The van der Waals surface area contributed by atoms with Crippen LogP contribution < -0.4 is 0 Å². The van der Waals surface area contributed by atoms with Gasteiger partial charge in [0.1, 0.15) is 23.0 Å². The number of aliphatic hydroxyl groups is 1. The van der Waals surface area contributed by atoms with E-state index in [1.165, 1.54) is 11.3 Å². The number of carbonyl (C=O) groups is 1. The van der Waals surface area contributed by atoms with Crippen molar-refractivity contribution in [2.75, 3.05) is 13.2 Å². The van der Waals surface area contributed by atoms with Crippen molar-refractivity contribution in [2.24, 2.45) is 7.05 Å². The summed E-state index contributed by atoms with van der Waals surface area (Å²) in [6.45, 7) is 6.17. The molecule has 1 spiro atoms. The summed E-state index contributed by atoms with van der Waals surface area (Å²) in [7, 11) is 1.79. The van der Waals surface area contributed by atoms with E-state index in [0.717, 1.165) is 10.4 Å². The SMILES string of the molecule is Cn1cc(C2CC3(CCN2C(=O)OC(C)(C)C)OCC(O)c2cc(Cl)sc23)nn1. The van der Waals surface area contributed by atoms with Crippen molar-refractivity contribution in [3.8, 4) is 0 Å². The number of ether oxygens (including phenoxy) is 2. The third-order valence-corrected chi connectivity index (χ3v) is 6.73. The fourth-order valence-corrected chi connectivity index (χ4v) is 5.48. The fraction of sp³-hybridized carbons (Fsp3) is 0.632. The second-order valence-corrected chi connectivity index (χ2v) is 10.3. The quantitative estimate of drug-likeness (QED) is 0.729. The van der Waals surface area contributed by atoms with Gasteiger partial charge >= 0.3 is 6.09 Å². The van der Waals surface area contributed by atoms with Gasteiger partial charge in [-0.05, 0) is 33.3 Å². The number of piperidine rings is 1. The Morgan fingerprint density at radius 2 is 2.24 bits per heavy atom. The zero-order valence-corrected chi connectivity index (χ0v) is 18.5. The summed E-state index contributed by atoms with van der Waals surface area (Å²) in [5, 5.41) is 18.7. The predicted molar refractivity (Wildman–Crippen MR) is 108 cm³/mol. The zero-order chi connectivity index (χ0) is 21.0. The zero-order valence-electron chi connectivity index (χ0n) is 16.9. The Kier molecular flexibility index (Phi) is 5.13. The number of aryl methyl sites for hydroxylation is 1. The molecule has 10 heteroatoms. The smallest absolute Gasteiger partial charge is 0.410 e. The molecule has 2 aliphatic rings. The summed E-state index contributed by atoms with van der Waals surface area (Å²) >= 11 is 7.69. The minimum atomic E-state index is -0.696. The molecule has 8 nitrogen and oxygen atoms in total. The molecule has 2 aromatic rings. The minimum Gasteiger partial charge on any atom is -0.444 e. The van der Waals surface area contributed by atoms with Gasteiger partial charge in [0, 0.05) is 30.5 Å². The Balaban J connectivity index is 1.71. The van der Waals surface area contributed by atoms with Gasteiger partial charge in [-0.15, -0.1) is 16.4 Å². The number of aliphatic hydroxyl groups excluding tert-OH is 1. The number of hydrogen-bond acceptors (Lipinski definition) is 7. The summed E-state index contributed by atoms with van der Waals surface area (Å²) < 4.78 is 14.1. The molecule has 0 saturated carbocycles. The molecule has 1 N–H and O–H groups in total. The molecule has 4 heterocycles. The maximum atomic E-state index is 12.9. The third kappa shape index (κ3) is 3.88. The molecule has 1 fully saturated rings. The maximum Gasteiger partial charge on any atom is 0.410 e. The van der Waals surface area contributed by atoms with E-state index in [-0.39, 0.29) is 18.7 Å². The normalized spacial score (nSPS) is 27.2. The highest BCUT2D eigenvalue weighted by Crippen LogP contribution is 2.52. The summed E-state index contributed by atoms with van der Waals surface area (Å²) in [6, 6.07) is 1.45. The molecule has 0 aromatic carbocycles. The second-order valence-electron chi connectivity index (χ2n) is 8.62. The molecular formula is C19H25ClN4O4S. The van der Waals surface area contributed by atoms with E-state index < -0.39 is 17.3 Å². The number of thiophene rings is 1. The molecule has 2 aromatic heterocycles. The highest BCUT2D eigenvalue weighted by molar-refractivity contribution is 7.16. The van der Waals surface area contributed by atoms with Gasteiger partial charge in [0.15, 0.2) is 0 Å². The first-order chi connectivity index (χ1) is 13.6. The number of nitrogens with zero attached hydrogens (tertiary/aromatic N) is 4. The van der Waals surface area contributed by atoms with Crippen molar-refractivity contribution >= 4 is 29.0 Å². The third-order valence-electron chi connectivity index (χ3n) is 5.27. The molecule has 0 radical (unpaired) electrons. The van der Waals surface area contributed by atoms with Crippen molar-refractivity contribution in [3.05, 3.63) is 32.7 Å².